The molecule has 34 heavy (non-hydrogen) atoms. The van der Waals surface area contributed by atoms with Crippen LogP contribution in [0.4, 0.5) is 0 Å². The number of amides is 2. The van der Waals surface area contributed by atoms with Gasteiger partial charge in [0.25, 0.3) is 0 Å². The van der Waals surface area contributed by atoms with Crippen LogP contribution in [0, 0.1) is 5.92 Å². The molecule has 1 aromatic carbocycles. The summed E-state index contributed by atoms with van der Waals surface area (Å²) in [6, 6.07) is 5.00. The van der Waals surface area contributed by atoms with Crippen LogP contribution in [0.25, 0.3) is 0 Å². The number of nitrogens with one attached hydrogen (secondary N) is 3. The van der Waals surface area contributed by atoms with E-state index in [1.54, 1.807) is 0 Å². The summed E-state index contributed by atoms with van der Waals surface area (Å²) in [7, 11) is 0. The average Bonchev–Trinajstić information content (AvgIpc) is 3.52. The van der Waals surface area contributed by atoms with Gasteiger partial charge in [-0.2, -0.15) is 0 Å². The van der Waals surface area contributed by atoms with E-state index < -0.39 is 12.0 Å². The Morgan fingerprint density at radius 3 is 2.82 bits per heavy atom. The first-order valence-electron chi connectivity index (χ1n) is 12.1. The standard InChI is InChI=1S/C24H33N5O5/c30-21(2-1-8-25-24-26-9-10-27-24)29-11-5-16(6-12-29)23(33)28-19(15-22(31)32)17-3-4-20-18(14-17)7-13-34-20/h3-4,14,16,19H,1-2,5-13,15H2,(H,28,33)(H,31,32)(H2,25,26,27). The Hall–Kier alpha value is -3.30. The number of nitrogens with zero attached hydrogens (tertiary/aromatic N) is 2. The molecule has 1 aromatic rings. The minimum absolute atomic E-state index is 0.103. The molecule has 2 amide bonds. The number of fused-ring (bicyclic) bond motifs is 1. The molecule has 0 aliphatic carbocycles. The number of carbonyl (C=O) groups is 3. The number of benzene rings is 1. The molecule has 0 spiro atoms. The molecular formula is C24H33N5O5. The van der Waals surface area contributed by atoms with Gasteiger partial charge in [-0.05, 0) is 42.5 Å². The summed E-state index contributed by atoms with van der Waals surface area (Å²) in [5.74, 6) is 0.379. The Kier molecular flexibility index (Phi) is 7.87. The summed E-state index contributed by atoms with van der Waals surface area (Å²) >= 11 is 0. The average molecular weight is 472 g/mol. The molecule has 1 saturated heterocycles. The largest absolute Gasteiger partial charge is 0.493 e. The normalized spacial score (nSPS) is 18.4. The van der Waals surface area contributed by atoms with E-state index in [0.717, 1.165) is 48.8 Å². The maximum absolute atomic E-state index is 13.0. The van der Waals surface area contributed by atoms with E-state index in [0.29, 0.717) is 45.5 Å². The van der Waals surface area contributed by atoms with Crippen molar-refractivity contribution in [2.45, 2.75) is 44.6 Å². The minimum Gasteiger partial charge on any atom is -0.493 e. The van der Waals surface area contributed by atoms with Crippen molar-refractivity contribution < 1.29 is 24.2 Å². The quantitative estimate of drug-likeness (QED) is 0.392. The Balaban J connectivity index is 1.23. The number of hydrogen-bond acceptors (Lipinski definition) is 7. The lowest BCUT2D eigenvalue weighted by Gasteiger charge is -2.32. The van der Waals surface area contributed by atoms with Crippen molar-refractivity contribution in [1.82, 2.24) is 20.9 Å². The summed E-state index contributed by atoms with van der Waals surface area (Å²) in [5, 5.41) is 18.6. The number of rotatable bonds is 9. The van der Waals surface area contributed by atoms with Gasteiger partial charge < -0.3 is 30.7 Å². The van der Waals surface area contributed by atoms with Crippen molar-refractivity contribution in [2.75, 3.05) is 39.3 Å². The second kappa shape index (κ2) is 11.2. The first-order valence-corrected chi connectivity index (χ1v) is 12.1. The van der Waals surface area contributed by atoms with Crippen LogP contribution in [0.1, 0.15) is 49.3 Å². The number of carbonyl (C=O) groups excluding carboxylic acids is 2. The fourth-order valence-corrected chi connectivity index (χ4v) is 4.65. The zero-order chi connectivity index (χ0) is 23.9. The van der Waals surface area contributed by atoms with E-state index in [2.05, 4.69) is 20.9 Å². The van der Waals surface area contributed by atoms with Gasteiger partial charge in [0.1, 0.15) is 5.75 Å². The first kappa shape index (κ1) is 23.8. The second-order valence-corrected chi connectivity index (χ2v) is 8.97. The van der Waals surface area contributed by atoms with Crippen LogP contribution in [0.3, 0.4) is 0 Å². The molecule has 0 radical (unpaired) electrons. The number of hydrogen-bond donors (Lipinski definition) is 4. The van der Waals surface area contributed by atoms with Crippen LogP contribution in [0.15, 0.2) is 23.2 Å². The number of carboxylic acid groups (broad SMARTS) is 1. The highest BCUT2D eigenvalue weighted by Gasteiger charge is 2.29. The van der Waals surface area contributed by atoms with Gasteiger partial charge in [0, 0.05) is 44.9 Å². The van der Waals surface area contributed by atoms with Gasteiger partial charge in [-0.1, -0.05) is 6.07 Å². The van der Waals surface area contributed by atoms with E-state index in [4.69, 9.17) is 4.74 Å². The zero-order valence-electron chi connectivity index (χ0n) is 19.3. The maximum atomic E-state index is 13.0. The predicted molar refractivity (Wildman–Crippen MR) is 126 cm³/mol. The number of ether oxygens (including phenoxy) is 1. The second-order valence-electron chi connectivity index (χ2n) is 8.97. The van der Waals surface area contributed by atoms with Crippen LogP contribution < -0.4 is 20.7 Å². The Labute approximate surface area is 199 Å². The van der Waals surface area contributed by atoms with Crippen molar-refractivity contribution in [1.29, 1.82) is 0 Å². The third-order valence-corrected chi connectivity index (χ3v) is 6.56. The molecule has 184 valence electrons. The molecular weight excluding hydrogens is 438 g/mol. The Morgan fingerprint density at radius 1 is 1.26 bits per heavy atom. The van der Waals surface area contributed by atoms with Crippen molar-refractivity contribution >= 4 is 23.7 Å². The number of piperidine rings is 1. The minimum atomic E-state index is -0.965. The molecule has 1 atom stereocenters. The SMILES string of the molecule is O=C(O)CC(NC(=O)C1CCN(C(=O)CCCNC2=NCCN2)CC1)c1ccc2c(c1)CCO2. The summed E-state index contributed by atoms with van der Waals surface area (Å²) < 4.78 is 5.53. The van der Waals surface area contributed by atoms with Crippen LogP contribution in [-0.4, -0.2) is 73.1 Å². The highest BCUT2D eigenvalue weighted by molar-refractivity contribution is 5.82. The van der Waals surface area contributed by atoms with E-state index in [1.165, 1.54) is 0 Å². The summed E-state index contributed by atoms with van der Waals surface area (Å²) in [4.78, 5) is 43.0. The molecule has 3 aliphatic rings. The molecule has 3 heterocycles. The van der Waals surface area contributed by atoms with Gasteiger partial charge in [0.05, 0.1) is 25.6 Å². The number of aliphatic imine (C=N–C) groups is 1. The lowest BCUT2D eigenvalue weighted by atomic mass is 9.94. The summed E-state index contributed by atoms with van der Waals surface area (Å²) in [6.07, 6.45) is 2.94. The number of aliphatic carboxylic acids is 1. The van der Waals surface area contributed by atoms with E-state index >= 15 is 0 Å². The molecule has 4 rings (SSSR count). The van der Waals surface area contributed by atoms with Gasteiger partial charge in [-0.3, -0.25) is 19.4 Å². The molecule has 10 nitrogen and oxygen atoms in total. The van der Waals surface area contributed by atoms with Crippen molar-refractivity contribution in [3.05, 3.63) is 29.3 Å². The van der Waals surface area contributed by atoms with E-state index in [1.807, 2.05) is 23.1 Å². The lowest BCUT2D eigenvalue weighted by Crippen LogP contribution is -2.44. The molecule has 4 N–H and O–H groups in total. The number of guanidine groups is 1. The van der Waals surface area contributed by atoms with E-state index in [-0.39, 0.29) is 24.2 Å². The predicted octanol–water partition coefficient (Wildman–Crippen LogP) is 0.821. The van der Waals surface area contributed by atoms with Gasteiger partial charge in [-0.15, -0.1) is 0 Å². The third-order valence-electron chi connectivity index (χ3n) is 6.56. The number of carboxylic acids is 1. The van der Waals surface area contributed by atoms with Gasteiger partial charge in [-0.25, -0.2) is 0 Å². The topological polar surface area (TPSA) is 132 Å². The van der Waals surface area contributed by atoms with Crippen molar-refractivity contribution in [3.63, 3.8) is 0 Å². The van der Waals surface area contributed by atoms with Crippen molar-refractivity contribution in [3.8, 4) is 5.75 Å². The molecule has 0 saturated carbocycles. The third kappa shape index (κ3) is 6.18. The highest BCUT2D eigenvalue weighted by Crippen LogP contribution is 2.30. The molecule has 1 fully saturated rings. The summed E-state index contributed by atoms with van der Waals surface area (Å²) in [5.41, 5.74) is 1.82. The van der Waals surface area contributed by atoms with Crippen LogP contribution in [-0.2, 0) is 20.8 Å². The fourth-order valence-electron chi connectivity index (χ4n) is 4.65. The molecule has 3 aliphatic heterocycles. The molecule has 1 unspecified atom stereocenters. The molecule has 10 heteroatoms. The monoisotopic (exact) mass is 471 g/mol. The Morgan fingerprint density at radius 2 is 2.09 bits per heavy atom. The zero-order valence-corrected chi connectivity index (χ0v) is 19.3. The van der Waals surface area contributed by atoms with Crippen molar-refractivity contribution in [2.24, 2.45) is 10.9 Å². The van der Waals surface area contributed by atoms with Crippen LogP contribution >= 0.6 is 0 Å². The first-order chi connectivity index (χ1) is 16.5. The van der Waals surface area contributed by atoms with Gasteiger partial charge in [0.15, 0.2) is 5.96 Å². The molecule has 0 aromatic heterocycles. The van der Waals surface area contributed by atoms with E-state index in [9.17, 15) is 19.5 Å². The number of likely N-dealkylation sites (tertiary alicyclic amines) is 1. The van der Waals surface area contributed by atoms with Gasteiger partial charge in [0.2, 0.25) is 11.8 Å². The maximum Gasteiger partial charge on any atom is 0.305 e. The van der Waals surface area contributed by atoms with Crippen LogP contribution in [0.2, 0.25) is 0 Å². The fraction of sp³-hybridized carbons (Fsp3) is 0.583. The highest BCUT2D eigenvalue weighted by atomic mass is 16.5. The van der Waals surface area contributed by atoms with Gasteiger partial charge >= 0.3 is 5.97 Å². The lowest BCUT2D eigenvalue weighted by molar-refractivity contribution is -0.139. The van der Waals surface area contributed by atoms with Crippen LogP contribution in [0.5, 0.6) is 5.75 Å². The summed E-state index contributed by atoms with van der Waals surface area (Å²) in [6.45, 7) is 4.02. The Bertz CT molecular complexity index is 942. The molecule has 0 bridgehead atoms. The smallest absolute Gasteiger partial charge is 0.305 e.